The van der Waals surface area contributed by atoms with Crippen molar-refractivity contribution in [2.75, 3.05) is 12.3 Å². The van der Waals surface area contributed by atoms with Gasteiger partial charge in [-0.15, -0.1) is 10.2 Å². The van der Waals surface area contributed by atoms with Gasteiger partial charge in [0.05, 0.1) is 5.75 Å². The molecular formula is C23H24N4OS. The average molecular weight is 405 g/mol. The fourth-order valence-electron chi connectivity index (χ4n) is 3.58. The Kier molecular flexibility index (Phi) is 5.10. The quantitative estimate of drug-likeness (QED) is 0.521. The van der Waals surface area contributed by atoms with Crippen molar-refractivity contribution >= 4 is 17.7 Å². The molecule has 1 aromatic heterocycles. The zero-order valence-electron chi connectivity index (χ0n) is 16.3. The molecule has 2 aliphatic carbocycles. The third kappa shape index (κ3) is 4.22. The van der Waals surface area contributed by atoms with Crippen LogP contribution in [0, 0.1) is 5.92 Å². The SMILES string of the molecule is O=C(CSc1nnc(-c2ccccc2)n1-c1ccccc1)N(CC1CC1)C1CC1. The number of carbonyl (C=O) groups excluding carboxylic acids is 1. The van der Waals surface area contributed by atoms with Crippen molar-refractivity contribution < 1.29 is 4.79 Å². The maximum Gasteiger partial charge on any atom is 0.233 e. The summed E-state index contributed by atoms with van der Waals surface area (Å²) in [6.07, 6.45) is 4.85. The Labute approximate surface area is 175 Å². The lowest BCUT2D eigenvalue weighted by Gasteiger charge is -2.22. The molecule has 0 aliphatic heterocycles. The molecule has 1 amide bonds. The lowest BCUT2D eigenvalue weighted by molar-refractivity contribution is -0.129. The zero-order chi connectivity index (χ0) is 19.6. The number of para-hydroxylation sites is 1. The first-order chi connectivity index (χ1) is 14.3. The van der Waals surface area contributed by atoms with Crippen molar-refractivity contribution in [1.29, 1.82) is 0 Å². The average Bonchev–Trinajstić information content (AvgIpc) is 3.69. The number of hydrogen-bond acceptors (Lipinski definition) is 4. The Hall–Kier alpha value is -2.60. The van der Waals surface area contributed by atoms with Gasteiger partial charge in [0.1, 0.15) is 0 Å². The molecule has 3 aromatic rings. The van der Waals surface area contributed by atoms with Crippen molar-refractivity contribution in [3.8, 4) is 17.1 Å². The Bertz CT molecular complexity index is 981. The van der Waals surface area contributed by atoms with Gasteiger partial charge in [0.25, 0.3) is 0 Å². The van der Waals surface area contributed by atoms with E-state index in [1.165, 1.54) is 24.6 Å². The molecule has 2 aromatic carbocycles. The summed E-state index contributed by atoms with van der Waals surface area (Å²) in [5.41, 5.74) is 2.01. The van der Waals surface area contributed by atoms with Gasteiger partial charge in [0, 0.05) is 23.8 Å². The molecule has 0 saturated heterocycles. The number of amides is 1. The number of rotatable bonds is 8. The van der Waals surface area contributed by atoms with E-state index >= 15 is 0 Å². The minimum absolute atomic E-state index is 0.230. The van der Waals surface area contributed by atoms with E-state index in [4.69, 9.17) is 0 Å². The van der Waals surface area contributed by atoms with Gasteiger partial charge < -0.3 is 4.90 Å². The van der Waals surface area contributed by atoms with Gasteiger partial charge in [-0.25, -0.2) is 0 Å². The smallest absolute Gasteiger partial charge is 0.233 e. The van der Waals surface area contributed by atoms with Crippen LogP contribution in [0.3, 0.4) is 0 Å². The maximum atomic E-state index is 12.9. The van der Waals surface area contributed by atoms with E-state index in [9.17, 15) is 4.79 Å². The third-order valence-electron chi connectivity index (χ3n) is 5.46. The summed E-state index contributed by atoms with van der Waals surface area (Å²) in [4.78, 5) is 15.1. The van der Waals surface area contributed by atoms with E-state index in [0.29, 0.717) is 11.8 Å². The molecule has 0 radical (unpaired) electrons. The number of carbonyl (C=O) groups is 1. The molecule has 6 heteroatoms. The van der Waals surface area contributed by atoms with Crippen LogP contribution in [0.25, 0.3) is 17.1 Å². The highest BCUT2D eigenvalue weighted by atomic mass is 32.2. The van der Waals surface area contributed by atoms with Crippen LogP contribution in [-0.2, 0) is 4.79 Å². The highest BCUT2D eigenvalue weighted by Crippen LogP contribution is 2.35. The molecule has 5 rings (SSSR count). The highest BCUT2D eigenvalue weighted by Gasteiger charge is 2.36. The second-order valence-corrected chi connectivity index (χ2v) is 8.79. The topological polar surface area (TPSA) is 51.0 Å². The van der Waals surface area contributed by atoms with Crippen LogP contribution in [0.1, 0.15) is 25.7 Å². The van der Waals surface area contributed by atoms with Gasteiger partial charge in [0.2, 0.25) is 5.91 Å². The number of aromatic nitrogens is 3. The molecule has 148 valence electrons. The van der Waals surface area contributed by atoms with Gasteiger partial charge >= 0.3 is 0 Å². The van der Waals surface area contributed by atoms with Crippen LogP contribution >= 0.6 is 11.8 Å². The van der Waals surface area contributed by atoms with E-state index in [2.05, 4.69) is 19.7 Å². The van der Waals surface area contributed by atoms with E-state index in [0.717, 1.165) is 47.5 Å². The summed E-state index contributed by atoms with van der Waals surface area (Å²) in [5.74, 6) is 2.16. The number of nitrogens with zero attached hydrogens (tertiary/aromatic N) is 4. The second-order valence-electron chi connectivity index (χ2n) is 7.85. The maximum absolute atomic E-state index is 12.9. The van der Waals surface area contributed by atoms with Crippen molar-refractivity contribution in [2.45, 2.75) is 36.9 Å². The normalized spacial score (nSPS) is 16.0. The Morgan fingerprint density at radius 2 is 1.66 bits per heavy atom. The predicted molar refractivity (Wildman–Crippen MR) is 115 cm³/mol. The lowest BCUT2D eigenvalue weighted by atomic mass is 10.2. The fourth-order valence-corrected chi connectivity index (χ4v) is 4.41. The Morgan fingerprint density at radius 1 is 0.966 bits per heavy atom. The van der Waals surface area contributed by atoms with Crippen LogP contribution in [0.15, 0.2) is 65.8 Å². The molecule has 0 unspecified atom stereocenters. The monoisotopic (exact) mass is 404 g/mol. The van der Waals surface area contributed by atoms with Crippen LogP contribution in [0.5, 0.6) is 0 Å². The van der Waals surface area contributed by atoms with Crippen molar-refractivity contribution in [3.63, 3.8) is 0 Å². The molecule has 5 nitrogen and oxygen atoms in total. The number of benzene rings is 2. The third-order valence-corrected chi connectivity index (χ3v) is 6.38. The standard InChI is InChI=1S/C23H24N4OS/c28-21(26(19-13-14-19)15-17-11-12-17)16-29-23-25-24-22(18-7-3-1-4-8-18)27(23)20-9-5-2-6-10-20/h1-10,17,19H,11-16H2. The number of thioether (sulfide) groups is 1. The molecule has 1 heterocycles. The minimum Gasteiger partial charge on any atom is -0.339 e. The van der Waals surface area contributed by atoms with Gasteiger partial charge in [0.15, 0.2) is 11.0 Å². The van der Waals surface area contributed by atoms with Gasteiger partial charge in [-0.1, -0.05) is 60.3 Å². The predicted octanol–water partition coefficient (Wildman–Crippen LogP) is 4.43. The van der Waals surface area contributed by atoms with E-state index in [-0.39, 0.29) is 5.91 Å². The van der Waals surface area contributed by atoms with Crippen molar-refractivity contribution in [2.24, 2.45) is 5.92 Å². The first kappa shape index (κ1) is 18.4. The fraction of sp³-hybridized carbons (Fsp3) is 0.348. The van der Waals surface area contributed by atoms with Crippen LogP contribution < -0.4 is 0 Å². The van der Waals surface area contributed by atoms with E-state index in [1.54, 1.807) is 0 Å². The molecule has 2 fully saturated rings. The zero-order valence-corrected chi connectivity index (χ0v) is 17.1. The molecule has 2 saturated carbocycles. The van der Waals surface area contributed by atoms with Gasteiger partial charge in [-0.2, -0.15) is 0 Å². The van der Waals surface area contributed by atoms with Crippen molar-refractivity contribution in [3.05, 3.63) is 60.7 Å². The number of hydrogen-bond donors (Lipinski definition) is 0. The Morgan fingerprint density at radius 3 is 2.31 bits per heavy atom. The first-order valence-electron chi connectivity index (χ1n) is 10.3. The molecule has 29 heavy (non-hydrogen) atoms. The van der Waals surface area contributed by atoms with Crippen molar-refractivity contribution in [1.82, 2.24) is 19.7 Å². The molecular weight excluding hydrogens is 380 g/mol. The minimum atomic E-state index is 0.230. The molecule has 0 N–H and O–H groups in total. The summed E-state index contributed by atoms with van der Waals surface area (Å²) in [6, 6.07) is 20.6. The van der Waals surface area contributed by atoms with Crippen LogP contribution in [0.2, 0.25) is 0 Å². The first-order valence-corrected chi connectivity index (χ1v) is 11.3. The summed E-state index contributed by atoms with van der Waals surface area (Å²) < 4.78 is 2.05. The van der Waals surface area contributed by atoms with E-state index in [1.807, 2.05) is 60.7 Å². The highest BCUT2D eigenvalue weighted by molar-refractivity contribution is 7.99. The Balaban J connectivity index is 1.39. The summed E-state index contributed by atoms with van der Waals surface area (Å²) in [7, 11) is 0. The molecule has 0 atom stereocenters. The van der Waals surface area contributed by atoms with Gasteiger partial charge in [-0.3, -0.25) is 9.36 Å². The van der Waals surface area contributed by atoms with Gasteiger partial charge in [-0.05, 0) is 43.7 Å². The second kappa shape index (κ2) is 8.03. The van der Waals surface area contributed by atoms with Crippen LogP contribution in [-0.4, -0.2) is 43.9 Å². The molecule has 2 aliphatic rings. The largest absolute Gasteiger partial charge is 0.339 e. The van der Waals surface area contributed by atoms with E-state index < -0.39 is 0 Å². The van der Waals surface area contributed by atoms with Crippen LogP contribution in [0.4, 0.5) is 0 Å². The lowest BCUT2D eigenvalue weighted by Crippen LogP contribution is -2.36. The summed E-state index contributed by atoms with van der Waals surface area (Å²) in [6.45, 7) is 0.935. The summed E-state index contributed by atoms with van der Waals surface area (Å²) in [5, 5.41) is 9.65. The molecule has 0 bridgehead atoms. The molecule has 0 spiro atoms. The summed E-state index contributed by atoms with van der Waals surface area (Å²) >= 11 is 1.48.